The second-order valence-electron chi connectivity index (χ2n) is 9.71. The lowest BCUT2D eigenvalue weighted by atomic mass is 9.82. The summed E-state index contributed by atoms with van der Waals surface area (Å²) in [6.07, 6.45) is 7.33. The summed E-state index contributed by atoms with van der Waals surface area (Å²) in [5.41, 5.74) is 1.73. The first kappa shape index (κ1) is 27.0. The standard InChI is InChI=1S/C31H31N5O4/c1-23(10-8-9-18-34-21-24(17-19-37)32-33-34)31(40)28-20-27(35(22-38)25-11-4-2-5-12-25)15-16-29(28)36(30(31)39)26-13-6-3-7-14-26/h2-8,10-16,20-23,37,40H,9,17-19H2,1H3/b10-8+/t23-,31+/m0/s1. The molecule has 0 unspecified atom stereocenters. The lowest BCUT2D eigenvalue weighted by Crippen LogP contribution is -2.42. The van der Waals surface area contributed by atoms with E-state index in [2.05, 4.69) is 10.3 Å². The summed E-state index contributed by atoms with van der Waals surface area (Å²) in [4.78, 5) is 29.1. The molecule has 0 saturated carbocycles. The highest BCUT2D eigenvalue weighted by Crippen LogP contribution is 2.49. The molecule has 204 valence electrons. The smallest absolute Gasteiger partial charge is 0.268 e. The Morgan fingerprint density at radius 2 is 1.75 bits per heavy atom. The molecule has 9 heteroatoms. The predicted octanol–water partition coefficient (Wildman–Crippen LogP) is 4.26. The van der Waals surface area contributed by atoms with Crippen molar-refractivity contribution in [1.29, 1.82) is 0 Å². The minimum Gasteiger partial charge on any atom is -0.396 e. The third kappa shape index (κ3) is 5.04. The van der Waals surface area contributed by atoms with Gasteiger partial charge in [-0.05, 0) is 48.9 Å². The van der Waals surface area contributed by atoms with Crippen LogP contribution in [-0.2, 0) is 28.2 Å². The molecule has 3 aromatic carbocycles. The van der Waals surface area contributed by atoms with Crippen molar-refractivity contribution in [3.63, 3.8) is 0 Å². The minimum absolute atomic E-state index is 0.0157. The quantitative estimate of drug-likeness (QED) is 0.219. The summed E-state index contributed by atoms with van der Waals surface area (Å²) < 4.78 is 1.70. The highest BCUT2D eigenvalue weighted by Gasteiger charge is 2.53. The summed E-state index contributed by atoms with van der Waals surface area (Å²) >= 11 is 0. The van der Waals surface area contributed by atoms with Crippen LogP contribution in [0.5, 0.6) is 0 Å². The Morgan fingerprint density at radius 3 is 2.45 bits per heavy atom. The van der Waals surface area contributed by atoms with Crippen molar-refractivity contribution >= 4 is 35.1 Å². The number of fused-ring (bicyclic) bond motifs is 1. The summed E-state index contributed by atoms with van der Waals surface area (Å²) in [5, 5.41) is 29.3. The third-order valence-electron chi connectivity index (χ3n) is 7.16. The Balaban J connectivity index is 1.47. The van der Waals surface area contributed by atoms with E-state index in [9.17, 15) is 14.7 Å². The van der Waals surface area contributed by atoms with Crippen LogP contribution in [-0.4, -0.2) is 44.1 Å². The number of hydrogen-bond acceptors (Lipinski definition) is 6. The van der Waals surface area contributed by atoms with Gasteiger partial charge in [0.25, 0.3) is 5.91 Å². The second kappa shape index (κ2) is 11.6. The van der Waals surface area contributed by atoms with Crippen LogP contribution in [0.3, 0.4) is 0 Å². The van der Waals surface area contributed by atoms with Crippen LogP contribution < -0.4 is 9.80 Å². The van der Waals surface area contributed by atoms with Crippen molar-refractivity contribution in [2.45, 2.75) is 31.9 Å². The number of carbonyl (C=O) groups excluding carboxylic acids is 2. The maximum atomic E-state index is 14.0. The Bertz CT molecular complexity index is 1500. The van der Waals surface area contributed by atoms with Gasteiger partial charge in [0.15, 0.2) is 5.60 Å². The fraction of sp³-hybridized carbons (Fsp3) is 0.226. The van der Waals surface area contributed by atoms with E-state index < -0.39 is 17.4 Å². The topological polar surface area (TPSA) is 112 Å². The van der Waals surface area contributed by atoms with E-state index in [1.807, 2.05) is 79.7 Å². The first-order chi connectivity index (χ1) is 19.5. The van der Waals surface area contributed by atoms with Gasteiger partial charge < -0.3 is 10.2 Å². The molecule has 0 radical (unpaired) electrons. The zero-order chi connectivity index (χ0) is 28.1. The Hall–Kier alpha value is -4.60. The molecule has 40 heavy (non-hydrogen) atoms. The lowest BCUT2D eigenvalue weighted by molar-refractivity contribution is -0.138. The molecule has 9 nitrogen and oxygen atoms in total. The summed E-state index contributed by atoms with van der Waals surface area (Å²) in [7, 11) is 0. The Morgan fingerprint density at radius 1 is 1.02 bits per heavy atom. The molecule has 0 fully saturated rings. The molecule has 0 bridgehead atoms. The molecule has 2 heterocycles. The number of rotatable bonds is 11. The van der Waals surface area contributed by atoms with E-state index in [-0.39, 0.29) is 6.61 Å². The number of allylic oxidation sites excluding steroid dienone is 1. The van der Waals surface area contributed by atoms with Crippen molar-refractivity contribution in [2.24, 2.45) is 5.92 Å². The number of anilines is 4. The first-order valence-corrected chi connectivity index (χ1v) is 13.2. The molecular formula is C31H31N5O4. The molecule has 2 atom stereocenters. The number of aryl methyl sites for hydroxylation is 1. The molecule has 2 N–H and O–H groups in total. The molecule has 1 aromatic heterocycles. The number of hydrogen-bond donors (Lipinski definition) is 2. The zero-order valence-corrected chi connectivity index (χ0v) is 22.2. The normalized spacial score (nSPS) is 17.3. The number of nitrogens with zero attached hydrogens (tertiary/aromatic N) is 5. The molecule has 0 aliphatic carbocycles. The van der Waals surface area contributed by atoms with Gasteiger partial charge in [-0.15, -0.1) is 5.10 Å². The predicted molar refractivity (Wildman–Crippen MR) is 152 cm³/mol. The van der Waals surface area contributed by atoms with E-state index in [0.29, 0.717) is 47.7 Å². The van der Waals surface area contributed by atoms with Gasteiger partial charge in [0.1, 0.15) is 0 Å². The maximum Gasteiger partial charge on any atom is 0.268 e. The van der Waals surface area contributed by atoms with Crippen LogP contribution in [0.25, 0.3) is 0 Å². The van der Waals surface area contributed by atoms with E-state index in [1.165, 1.54) is 9.80 Å². The first-order valence-electron chi connectivity index (χ1n) is 13.2. The summed E-state index contributed by atoms with van der Waals surface area (Å²) in [6.45, 7) is 2.39. The van der Waals surface area contributed by atoms with Crippen LogP contribution >= 0.6 is 0 Å². The number of aromatic nitrogens is 3. The van der Waals surface area contributed by atoms with Crippen LogP contribution in [0.2, 0.25) is 0 Å². The summed E-state index contributed by atoms with van der Waals surface area (Å²) in [5.74, 6) is -1.03. The van der Waals surface area contributed by atoms with E-state index >= 15 is 0 Å². The number of para-hydroxylation sites is 2. The van der Waals surface area contributed by atoms with Gasteiger partial charge in [0.2, 0.25) is 6.41 Å². The average Bonchev–Trinajstić information content (AvgIpc) is 3.52. The monoisotopic (exact) mass is 537 g/mol. The second-order valence-corrected chi connectivity index (χ2v) is 9.71. The van der Waals surface area contributed by atoms with Crippen molar-refractivity contribution < 1.29 is 19.8 Å². The molecule has 0 saturated heterocycles. The van der Waals surface area contributed by atoms with Crippen LogP contribution in [0, 0.1) is 5.92 Å². The molecular weight excluding hydrogens is 506 g/mol. The number of amides is 2. The van der Waals surface area contributed by atoms with Gasteiger partial charge >= 0.3 is 0 Å². The van der Waals surface area contributed by atoms with Gasteiger partial charge in [-0.25, -0.2) is 0 Å². The maximum absolute atomic E-state index is 14.0. The largest absolute Gasteiger partial charge is 0.396 e. The molecule has 4 aromatic rings. The molecule has 1 aliphatic rings. The lowest BCUT2D eigenvalue weighted by Gasteiger charge is -2.28. The summed E-state index contributed by atoms with van der Waals surface area (Å²) in [6, 6.07) is 23.7. The average molecular weight is 538 g/mol. The van der Waals surface area contributed by atoms with Crippen molar-refractivity contribution in [3.8, 4) is 0 Å². The van der Waals surface area contributed by atoms with E-state index in [4.69, 9.17) is 5.11 Å². The SMILES string of the molecule is C[C@@H](/C=C/CCn1cc(CCO)nn1)[C@]1(O)C(=O)N(c2ccccc2)c2ccc(N(C=O)c3ccccc3)cc21. The van der Waals surface area contributed by atoms with Crippen molar-refractivity contribution in [3.05, 3.63) is 108 Å². The van der Waals surface area contributed by atoms with Gasteiger partial charge in [-0.1, -0.05) is 60.7 Å². The van der Waals surface area contributed by atoms with Gasteiger partial charge in [-0.2, -0.15) is 0 Å². The number of carbonyl (C=O) groups is 2. The van der Waals surface area contributed by atoms with Gasteiger partial charge in [0, 0.05) is 54.3 Å². The van der Waals surface area contributed by atoms with Crippen LogP contribution in [0.15, 0.2) is 97.2 Å². The number of benzene rings is 3. The molecule has 5 rings (SSSR count). The van der Waals surface area contributed by atoms with Crippen LogP contribution in [0.4, 0.5) is 22.7 Å². The number of aliphatic hydroxyl groups excluding tert-OH is 1. The van der Waals surface area contributed by atoms with E-state index in [0.717, 1.165) is 12.1 Å². The molecule has 0 spiro atoms. The van der Waals surface area contributed by atoms with Crippen molar-refractivity contribution in [1.82, 2.24) is 15.0 Å². The zero-order valence-electron chi connectivity index (χ0n) is 22.2. The van der Waals surface area contributed by atoms with Gasteiger partial charge in [-0.3, -0.25) is 24.1 Å². The fourth-order valence-electron chi connectivity index (χ4n) is 5.03. The Labute approximate surface area is 232 Å². The molecule has 2 amide bonds. The fourth-order valence-corrected chi connectivity index (χ4v) is 5.03. The Kier molecular flexibility index (Phi) is 7.86. The van der Waals surface area contributed by atoms with E-state index in [1.54, 1.807) is 29.1 Å². The van der Waals surface area contributed by atoms with Gasteiger partial charge in [0.05, 0.1) is 11.4 Å². The molecule has 1 aliphatic heterocycles. The number of aliphatic hydroxyl groups is 2. The van der Waals surface area contributed by atoms with Crippen molar-refractivity contribution in [2.75, 3.05) is 16.4 Å². The highest BCUT2D eigenvalue weighted by molar-refractivity contribution is 6.12. The minimum atomic E-state index is -1.86. The highest BCUT2D eigenvalue weighted by atomic mass is 16.3. The third-order valence-corrected chi connectivity index (χ3v) is 7.16. The van der Waals surface area contributed by atoms with Crippen LogP contribution in [0.1, 0.15) is 24.6 Å².